The van der Waals surface area contributed by atoms with Gasteiger partial charge in [-0.25, -0.2) is 9.97 Å². The first-order chi connectivity index (χ1) is 14.6. The number of para-hydroxylation sites is 1. The highest BCUT2D eigenvalue weighted by molar-refractivity contribution is 6.03. The van der Waals surface area contributed by atoms with E-state index in [1.54, 1.807) is 36.5 Å². The number of fused-ring (bicyclic) bond motifs is 1. The number of rotatable bonds is 7. The SMILES string of the molecule is CC(=O)c1ccc(NC(=O)c2ccnc(NCCc3c[nH]c4ccccc34)n2)cc1. The molecule has 0 atom stereocenters. The maximum absolute atomic E-state index is 12.5. The topological polar surface area (TPSA) is 99.8 Å². The van der Waals surface area contributed by atoms with E-state index < -0.39 is 0 Å². The molecule has 0 radical (unpaired) electrons. The van der Waals surface area contributed by atoms with E-state index in [1.807, 2.05) is 24.4 Å². The summed E-state index contributed by atoms with van der Waals surface area (Å²) in [6.45, 7) is 2.14. The number of nitrogens with one attached hydrogen (secondary N) is 3. The fourth-order valence-electron chi connectivity index (χ4n) is 3.20. The minimum absolute atomic E-state index is 0.0213. The van der Waals surface area contributed by atoms with Crippen molar-refractivity contribution >= 4 is 34.2 Å². The summed E-state index contributed by atoms with van der Waals surface area (Å²) in [5, 5.41) is 7.15. The number of nitrogens with zero attached hydrogens (tertiary/aromatic N) is 2. The molecule has 0 saturated carbocycles. The number of Topliss-reactive ketones (excluding diaryl/α,β-unsaturated/α-hetero) is 1. The van der Waals surface area contributed by atoms with Crippen LogP contribution in [0.15, 0.2) is 67.0 Å². The summed E-state index contributed by atoms with van der Waals surface area (Å²) in [5.41, 5.74) is 3.77. The highest BCUT2D eigenvalue weighted by atomic mass is 16.2. The number of carbonyl (C=O) groups is 2. The predicted molar refractivity (Wildman–Crippen MR) is 117 cm³/mol. The van der Waals surface area contributed by atoms with Crippen molar-refractivity contribution < 1.29 is 9.59 Å². The first-order valence-electron chi connectivity index (χ1n) is 9.64. The Bertz CT molecular complexity index is 1200. The van der Waals surface area contributed by atoms with Crippen molar-refractivity contribution in [3.05, 3.63) is 83.8 Å². The molecule has 0 spiro atoms. The molecule has 0 saturated heterocycles. The van der Waals surface area contributed by atoms with Crippen LogP contribution >= 0.6 is 0 Å². The molecule has 0 bridgehead atoms. The first-order valence-corrected chi connectivity index (χ1v) is 9.64. The highest BCUT2D eigenvalue weighted by Gasteiger charge is 2.10. The number of aromatic amines is 1. The number of benzene rings is 2. The number of carbonyl (C=O) groups excluding carboxylic acids is 2. The lowest BCUT2D eigenvalue weighted by Gasteiger charge is -2.08. The monoisotopic (exact) mass is 399 g/mol. The molecular formula is C23H21N5O2. The molecule has 0 aliphatic carbocycles. The zero-order valence-corrected chi connectivity index (χ0v) is 16.5. The van der Waals surface area contributed by atoms with Gasteiger partial charge in [0.1, 0.15) is 5.69 Å². The largest absolute Gasteiger partial charge is 0.361 e. The minimum Gasteiger partial charge on any atom is -0.361 e. The van der Waals surface area contributed by atoms with Gasteiger partial charge < -0.3 is 15.6 Å². The fraction of sp³-hybridized carbons (Fsp3) is 0.130. The molecule has 2 aromatic carbocycles. The Labute approximate surface area is 173 Å². The molecule has 0 unspecified atom stereocenters. The average molecular weight is 399 g/mol. The van der Waals surface area contributed by atoms with Crippen molar-refractivity contribution in [3.63, 3.8) is 0 Å². The van der Waals surface area contributed by atoms with Gasteiger partial charge in [-0.15, -0.1) is 0 Å². The molecule has 7 heteroatoms. The fourth-order valence-corrected chi connectivity index (χ4v) is 3.20. The summed E-state index contributed by atoms with van der Waals surface area (Å²) in [7, 11) is 0. The van der Waals surface area contributed by atoms with Gasteiger partial charge in [0.2, 0.25) is 5.95 Å². The van der Waals surface area contributed by atoms with Gasteiger partial charge in [-0.3, -0.25) is 9.59 Å². The van der Waals surface area contributed by atoms with E-state index in [1.165, 1.54) is 17.9 Å². The Kier molecular flexibility index (Phi) is 5.52. The maximum Gasteiger partial charge on any atom is 0.274 e. The van der Waals surface area contributed by atoms with Crippen molar-refractivity contribution in [1.29, 1.82) is 0 Å². The molecule has 0 fully saturated rings. The molecule has 30 heavy (non-hydrogen) atoms. The Hall–Kier alpha value is -4.00. The normalized spacial score (nSPS) is 10.7. The Morgan fingerprint density at radius 1 is 1.03 bits per heavy atom. The van der Waals surface area contributed by atoms with Crippen LogP contribution in [0.5, 0.6) is 0 Å². The van der Waals surface area contributed by atoms with Gasteiger partial charge in [-0.05, 0) is 55.3 Å². The van der Waals surface area contributed by atoms with Crippen molar-refractivity contribution in [2.75, 3.05) is 17.2 Å². The highest BCUT2D eigenvalue weighted by Crippen LogP contribution is 2.18. The molecular weight excluding hydrogens is 378 g/mol. The van der Waals surface area contributed by atoms with E-state index in [0.717, 1.165) is 11.9 Å². The zero-order chi connectivity index (χ0) is 20.9. The molecule has 7 nitrogen and oxygen atoms in total. The summed E-state index contributed by atoms with van der Waals surface area (Å²) < 4.78 is 0. The summed E-state index contributed by atoms with van der Waals surface area (Å²) in [6.07, 6.45) is 4.36. The molecule has 1 amide bonds. The third-order valence-corrected chi connectivity index (χ3v) is 4.79. The predicted octanol–water partition coefficient (Wildman–Crippen LogP) is 4.07. The second-order valence-electron chi connectivity index (χ2n) is 6.89. The van der Waals surface area contributed by atoms with Gasteiger partial charge in [0.25, 0.3) is 5.91 Å². The van der Waals surface area contributed by atoms with Crippen LogP contribution in [0.2, 0.25) is 0 Å². The maximum atomic E-state index is 12.5. The summed E-state index contributed by atoms with van der Waals surface area (Å²) in [5.74, 6) is 0.0362. The van der Waals surface area contributed by atoms with E-state index >= 15 is 0 Å². The number of hydrogen-bond acceptors (Lipinski definition) is 5. The van der Waals surface area contributed by atoms with Crippen LogP contribution in [0.3, 0.4) is 0 Å². The Morgan fingerprint density at radius 2 is 1.83 bits per heavy atom. The van der Waals surface area contributed by atoms with Crippen molar-refractivity contribution in [2.24, 2.45) is 0 Å². The van der Waals surface area contributed by atoms with Crippen molar-refractivity contribution in [3.8, 4) is 0 Å². The lowest BCUT2D eigenvalue weighted by molar-refractivity contribution is 0.101. The smallest absolute Gasteiger partial charge is 0.274 e. The van der Waals surface area contributed by atoms with Crippen LogP contribution in [-0.2, 0) is 6.42 Å². The lowest BCUT2D eigenvalue weighted by Crippen LogP contribution is -2.16. The summed E-state index contributed by atoms with van der Waals surface area (Å²) in [6, 6.07) is 16.5. The molecule has 150 valence electrons. The van der Waals surface area contributed by atoms with Gasteiger partial charge >= 0.3 is 0 Å². The number of ketones is 1. The molecule has 0 aliphatic heterocycles. The van der Waals surface area contributed by atoms with E-state index in [-0.39, 0.29) is 17.4 Å². The van der Waals surface area contributed by atoms with Gasteiger partial charge in [0.15, 0.2) is 5.78 Å². The number of H-pyrrole nitrogens is 1. The second kappa shape index (κ2) is 8.57. The number of anilines is 2. The van der Waals surface area contributed by atoms with Crippen LogP contribution < -0.4 is 10.6 Å². The summed E-state index contributed by atoms with van der Waals surface area (Å²) >= 11 is 0. The second-order valence-corrected chi connectivity index (χ2v) is 6.89. The zero-order valence-electron chi connectivity index (χ0n) is 16.5. The minimum atomic E-state index is -0.340. The van der Waals surface area contributed by atoms with Gasteiger partial charge in [-0.2, -0.15) is 0 Å². The quantitative estimate of drug-likeness (QED) is 0.407. The number of amides is 1. The van der Waals surface area contributed by atoms with E-state index in [0.29, 0.717) is 23.7 Å². The standard InChI is InChI=1S/C23H21N5O2/c1-15(29)16-6-8-18(9-7-16)27-22(30)21-11-13-25-23(28-21)24-12-10-17-14-26-20-5-3-2-4-19(17)20/h2-9,11,13-14,26H,10,12H2,1H3,(H,27,30)(H,24,25,28). The van der Waals surface area contributed by atoms with Gasteiger partial charge in [0, 0.05) is 41.1 Å². The molecule has 0 aliphatic rings. The van der Waals surface area contributed by atoms with Gasteiger partial charge in [-0.1, -0.05) is 18.2 Å². The van der Waals surface area contributed by atoms with E-state index in [2.05, 4.69) is 31.7 Å². The van der Waals surface area contributed by atoms with Gasteiger partial charge in [0.05, 0.1) is 0 Å². The van der Waals surface area contributed by atoms with Crippen molar-refractivity contribution in [1.82, 2.24) is 15.0 Å². The molecule has 2 aromatic heterocycles. The average Bonchev–Trinajstić information content (AvgIpc) is 3.17. The van der Waals surface area contributed by atoms with Crippen LogP contribution in [0.4, 0.5) is 11.6 Å². The lowest BCUT2D eigenvalue weighted by atomic mass is 10.1. The number of aromatic nitrogens is 3. The first kappa shape index (κ1) is 19.3. The molecule has 4 rings (SSSR count). The molecule has 3 N–H and O–H groups in total. The number of hydrogen-bond donors (Lipinski definition) is 3. The van der Waals surface area contributed by atoms with E-state index in [4.69, 9.17) is 0 Å². The third-order valence-electron chi connectivity index (χ3n) is 4.79. The van der Waals surface area contributed by atoms with Crippen LogP contribution in [0, 0.1) is 0 Å². The summed E-state index contributed by atoms with van der Waals surface area (Å²) in [4.78, 5) is 35.6. The Morgan fingerprint density at radius 3 is 2.63 bits per heavy atom. The molecule has 4 aromatic rings. The van der Waals surface area contributed by atoms with Crippen LogP contribution in [0.1, 0.15) is 33.3 Å². The third kappa shape index (κ3) is 4.35. The van der Waals surface area contributed by atoms with Crippen LogP contribution in [0.25, 0.3) is 10.9 Å². The molecule has 2 heterocycles. The van der Waals surface area contributed by atoms with Crippen molar-refractivity contribution in [2.45, 2.75) is 13.3 Å². The van der Waals surface area contributed by atoms with Crippen LogP contribution in [-0.4, -0.2) is 33.2 Å². The van der Waals surface area contributed by atoms with E-state index in [9.17, 15) is 9.59 Å². The Balaban J connectivity index is 1.37.